The molecule has 0 amide bonds. The summed E-state index contributed by atoms with van der Waals surface area (Å²) in [5, 5.41) is 0.755. The predicted octanol–water partition coefficient (Wildman–Crippen LogP) is 4.16. The fourth-order valence-corrected chi connectivity index (χ4v) is 2.69. The molecule has 1 aromatic carbocycles. The van der Waals surface area contributed by atoms with Gasteiger partial charge in [-0.05, 0) is 36.7 Å². The number of hydrogen-bond donors (Lipinski definition) is 0. The van der Waals surface area contributed by atoms with Gasteiger partial charge in [0.2, 0.25) is 0 Å². The van der Waals surface area contributed by atoms with E-state index in [4.69, 9.17) is 9.60 Å². The highest BCUT2D eigenvalue weighted by Crippen LogP contribution is 2.21. The quantitative estimate of drug-likeness (QED) is 0.491. The standard InChI is InChI=1S/C23H20N4O/c1-16-24-15-23(27(16)2)21-11-9-18-14-25-19(13-22(18)26-21)12-20(28)10-8-17-6-4-3-5-7-17/h3-11,13-15H,12H2,1-2H3/b10-8+/i3D,4D,5D,6D,7D,8D,10D. The van der Waals surface area contributed by atoms with Crippen LogP contribution in [0.15, 0.2) is 66.9 Å². The fourth-order valence-electron chi connectivity index (χ4n) is 2.69. The molecule has 0 fully saturated rings. The van der Waals surface area contributed by atoms with Crippen molar-refractivity contribution >= 4 is 22.7 Å². The minimum absolute atomic E-state index is 0.313. The SMILES string of the molecule is [2H]/C(C(=O)Cc1cc2nc(-c3cnc(C)n3C)ccc2cn1)=C(/[2H])c1c([2H])c([2H])c([2H])c([2H])c1[2H]. The summed E-state index contributed by atoms with van der Waals surface area (Å²) in [6.07, 6.45) is 2.97. The number of pyridine rings is 2. The van der Waals surface area contributed by atoms with Gasteiger partial charge in [0.15, 0.2) is 5.78 Å². The molecule has 0 bridgehead atoms. The molecule has 28 heavy (non-hydrogen) atoms. The van der Waals surface area contributed by atoms with E-state index in [1.54, 1.807) is 18.5 Å². The van der Waals surface area contributed by atoms with E-state index in [0.717, 1.165) is 16.9 Å². The van der Waals surface area contributed by atoms with Crippen molar-refractivity contribution in [2.75, 3.05) is 0 Å². The highest BCUT2D eigenvalue weighted by Gasteiger charge is 2.09. The third-order valence-corrected chi connectivity index (χ3v) is 4.28. The Hall–Kier alpha value is -3.60. The van der Waals surface area contributed by atoms with Crippen LogP contribution in [0.25, 0.3) is 28.3 Å². The zero-order chi connectivity index (χ0) is 25.6. The molecular weight excluding hydrogens is 348 g/mol. The molecule has 5 heteroatoms. The predicted molar refractivity (Wildman–Crippen MR) is 111 cm³/mol. The first-order chi connectivity index (χ1) is 16.5. The van der Waals surface area contributed by atoms with Crippen LogP contribution in [0.4, 0.5) is 0 Å². The number of ketones is 1. The molecule has 5 nitrogen and oxygen atoms in total. The van der Waals surface area contributed by atoms with Gasteiger partial charge in [-0.25, -0.2) is 9.97 Å². The molecule has 3 heterocycles. The van der Waals surface area contributed by atoms with Gasteiger partial charge in [-0.15, -0.1) is 0 Å². The maximum atomic E-state index is 12.8. The van der Waals surface area contributed by atoms with Crippen LogP contribution in [0.5, 0.6) is 0 Å². The molecule has 4 rings (SSSR count). The van der Waals surface area contributed by atoms with E-state index >= 15 is 0 Å². The van der Waals surface area contributed by atoms with Gasteiger partial charge in [0, 0.05) is 18.6 Å². The van der Waals surface area contributed by atoms with Gasteiger partial charge in [0.1, 0.15) is 5.82 Å². The number of nitrogens with zero attached hydrogens (tertiary/aromatic N) is 4. The van der Waals surface area contributed by atoms with Gasteiger partial charge < -0.3 is 4.57 Å². The second kappa shape index (κ2) is 7.56. The third kappa shape index (κ3) is 3.74. The molecule has 0 aliphatic heterocycles. The lowest BCUT2D eigenvalue weighted by atomic mass is 10.1. The van der Waals surface area contributed by atoms with Crippen molar-refractivity contribution in [1.29, 1.82) is 0 Å². The van der Waals surface area contributed by atoms with E-state index in [1.165, 1.54) is 0 Å². The minimum Gasteiger partial charge on any atom is -0.330 e. The molecule has 0 N–H and O–H groups in total. The van der Waals surface area contributed by atoms with Crippen molar-refractivity contribution in [2.24, 2.45) is 7.05 Å². The lowest BCUT2D eigenvalue weighted by Crippen LogP contribution is -2.01. The van der Waals surface area contributed by atoms with Crippen LogP contribution < -0.4 is 0 Å². The zero-order valence-electron chi connectivity index (χ0n) is 22.3. The average molecular weight is 375 g/mol. The van der Waals surface area contributed by atoms with Crippen LogP contribution in [0, 0.1) is 6.92 Å². The van der Waals surface area contributed by atoms with Crippen molar-refractivity contribution in [3.63, 3.8) is 0 Å². The van der Waals surface area contributed by atoms with Crippen LogP contribution in [0.3, 0.4) is 0 Å². The van der Waals surface area contributed by atoms with Crippen LogP contribution in [-0.4, -0.2) is 25.3 Å². The Morgan fingerprint density at radius 2 is 2.04 bits per heavy atom. The first kappa shape index (κ1) is 11.3. The normalized spacial score (nSPS) is 15.6. The smallest absolute Gasteiger partial charge is 0.161 e. The number of benzene rings is 1. The minimum atomic E-state index is -0.771. The lowest BCUT2D eigenvalue weighted by molar-refractivity contribution is -0.114. The molecular formula is C23H20N4O. The molecule has 0 spiro atoms. The van der Waals surface area contributed by atoms with E-state index in [0.29, 0.717) is 16.9 Å². The van der Waals surface area contributed by atoms with Crippen LogP contribution in [-0.2, 0) is 18.3 Å². The Morgan fingerprint density at radius 1 is 1.21 bits per heavy atom. The Balaban J connectivity index is 1.68. The average Bonchev–Trinajstić information content (AvgIpc) is 3.18. The van der Waals surface area contributed by atoms with Crippen molar-refractivity contribution < 1.29 is 14.4 Å². The summed E-state index contributed by atoms with van der Waals surface area (Å²) in [4.78, 5) is 26.0. The van der Waals surface area contributed by atoms with E-state index in [2.05, 4.69) is 15.0 Å². The summed E-state index contributed by atoms with van der Waals surface area (Å²) >= 11 is 0. The van der Waals surface area contributed by atoms with Gasteiger partial charge in [-0.1, -0.05) is 36.3 Å². The van der Waals surface area contributed by atoms with Crippen LogP contribution >= 0.6 is 0 Å². The van der Waals surface area contributed by atoms with Gasteiger partial charge >= 0.3 is 0 Å². The van der Waals surface area contributed by atoms with E-state index in [9.17, 15) is 4.79 Å². The first-order valence-electron chi connectivity index (χ1n) is 12.0. The van der Waals surface area contributed by atoms with Gasteiger partial charge in [0.25, 0.3) is 0 Å². The van der Waals surface area contributed by atoms with Crippen molar-refractivity contribution in [3.05, 3.63) is 83.9 Å². The second-order valence-electron chi connectivity index (χ2n) is 6.16. The highest BCUT2D eigenvalue weighted by molar-refractivity contribution is 5.95. The molecule has 0 saturated carbocycles. The van der Waals surface area contributed by atoms with Crippen molar-refractivity contribution in [3.8, 4) is 11.4 Å². The Kier molecular flexibility index (Phi) is 3.05. The lowest BCUT2D eigenvalue weighted by Gasteiger charge is -2.06. The number of imidazole rings is 1. The Morgan fingerprint density at radius 3 is 2.79 bits per heavy atom. The monoisotopic (exact) mass is 375 g/mol. The number of aromatic nitrogens is 4. The number of allylic oxidation sites excluding steroid dienone is 1. The number of hydrogen-bond acceptors (Lipinski definition) is 4. The number of fused-ring (bicyclic) bond motifs is 1. The third-order valence-electron chi connectivity index (χ3n) is 4.28. The largest absolute Gasteiger partial charge is 0.330 e. The summed E-state index contributed by atoms with van der Waals surface area (Å²) in [5.74, 6) is 0.0649. The maximum Gasteiger partial charge on any atom is 0.161 e. The van der Waals surface area contributed by atoms with Gasteiger partial charge in [-0.2, -0.15) is 0 Å². The van der Waals surface area contributed by atoms with E-state index in [1.807, 2.05) is 30.7 Å². The number of rotatable bonds is 5. The molecule has 0 atom stereocenters. The highest BCUT2D eigenvalue weighted by atomic mass is 16.1. The second-order valence-corrected chi connectivity index (χ2v) is 6.16. The zero-order valence-corrected chi connectivity index (χ0v) is 15.3. The Labute approximate surface area is 173 Å². The van der Waals surface area contributed by atoms with Crippen molar-refractivity contribution in [2.45, 2.75) is 13.3 Å². The molecule has 3 aromatic heterocycles. The van der Waals surface area contributed by atoms with E-state index < -0.39 is 53.7 Å². The van der Waals surface area contributed by atoms with Crippen molar-refractivity contribution in [1.82, 2.24) is 19.5 Å². The van der Waals surface area contributed by atoms with Crippen LogP contribution in [0.2, 0.25) is 0 Å². The number of carbonyl (C=O) groups is 1. The Bertz CT molecular complexity index is 1520. The summed E-state index contributed by atoms with van der Waals surface area (Å²) in [5.41, 5.74) is 1.95. The van der Waals surface area contributed by atoms with Gasteiger partial charge in [-0.3, -0.25) is 9.78 Å². The molecule has 0 aliphatic carbocycles. The molecule has 4 aromatic rings. The molecule has 0 unspecified atom stereocenters. The summed E-state index contributed by atoms with van der Waals surface area (Å²) in [7, 11) is 1.89. The summed E-state index contributed by atoms with van der Waals surface area (Å²) in [6, 6.07) is 0.688. The molecule has 138 valence electrons. The van der Waals surface area contributed by atoms with E-state index in [-0.39, 0.29) is 6.42 Å². The molecule has 0 saturated heterocycles. The topological polar surface area (TPSA) is 60.7 Å². The van der Waals surface area contributed by atoms with Gasteiger partial charge in [0.05, 0.1) is 44.8 Å². The number of carbonyl (C=O) groups excluding carboxylic acids is 1. The van der Waals surface area contributed by atoms with Crippen LogP contribution in [0.1, 0.15) is 26.7 Å². The molecule has 0 aliphatic rings. The summed E-state index contributed by atoms with van der Waals surface area (Å²) < 4.78 is 57.3. The maximum absolute atomic E-state index is 12.8. The molecule has 0 radical (unpaired) electrons. The first-order valence-corrected chi connectivity index (χ1v) is 8.53. The fraction of sp³-hybridized carbons (Fsp3) is 0.130. The summed E-state index contributed by atoms with van der Waals surface area (Å²) in [6.45, 7) is 1.88. The number of aryl methyl sites for hydroxylation is 1.